The van der Waals surface area contributed by atoms with Gasteiger partial charge in [-0.05, 0) is 25.7 Å². The third-order valence-electron chi connectivity index (χ3n) is 4.12. The van der Waals surface area contributed by atoms with Gasteiger partial charge in [-0.3, -0.25) is 4.79 Å². The Morgan fingerprint density at radius 2 is 1.71 bits per heavy atom. The van der Waals surface area contributed by atoms with Gasteiger partial charge < -0.3 is 10.5 Å². The molecule has 0 spiro atoms. The van der Waals surface area contributed by atoms with Gasteiger partial charge in [0.25, 0.3) is 0 Å². The van der Waals surface area contributed by atoms with E-state index in [9.17, 15) is 4.79 Å². The summed E-state index contributed by atoms with van der Waals surface area (Å²) in [7, 11) is 0. The fraction of sp³-hybridized carbons (Fsp3) is 0.929. The molecule has 0 radical (unpaired) electrons. The molecule has 17 heavy (non-hydrogen) atoms. The zero-order chi connectivity index (χ0) is 12.9. The molecule has 1 atom stereocenters. The van der Waals surface area contributed by atoms with Crippen molar-refractivity contribution in [1.82, 2.24) is 0 Å². The Morgan fingerprint density at radius 3 is 2.12 bits per heavy atom. The van der Waals surface area contributed by atoms with E-state index in [1.807, 2.05) is 6.92 Å². The van der Waals surface area contributed by atoms with E-state index in [1.165, 1.54) is 12.8 Å². The van der Waals surface area contributed by atoms with Crippen molar-refractivity contribution in [3.05, 3.63) is 0 Å². The van der Waals surface area contributed by atoms with E-state index in [2.05, 4.69) is 13.8 Å². The van der Waals surface area contributed by atoms with E-state index < -0.39 is 5.41 Å². The van der Waals surface area contributed by atoms with E-state index in [1.54, 1.807) is 0 Å². The van der Waals surface area contributed by atoms with E-state index in [4.69, 9.17) is 10.5 Å². The molecule has 2 N–H and O–H groups in total. The molecule has 0 saturated heterocycles. The predicted octanol–water partition coefficient (Wildman–Crippen LogP) is 2.87. The number of nitrogens with two attached hydrogens (primary N) is 1. The Morgan fingerprint density at radius 1 is 1.18 bits per heavy atom. The standard InChI is InChI=1S/C14H27NO2/c1-11(2)12(3)17-13(16)14(10-15)8-6-4-5-7-9-14/h11-12H,4-10,15H2,1-3H3. The molecule has 1 saturated carbocycles. The van der Waals surface area contributed by atoms with Gasteiger partial charge in [0.2, 0.25) is 0 Å². The third-order valence-corrected chi connectivity index (χ3v) is 4.12. The summed E-state index contributed by atoms with van der Waals surface area (Å²) in [6.45, 7) is 6.53. The molecule has 1 fully saturated rings. The minimum Gasteiger partial charge on any atom is -0.462 e. The van der Waals surface area contributed by atoms with Gasteiger partial charge in [-0.1, -0.05) is 39.5 Å². The van der Waals surface area contributed by atoms with Crippen LogP contribution in [0.15, 0.2) is 0 Å². The minimum absolute atomic E-state index is 0.0193. The summed E-state index contributed by atoms with van der Waals surface area (Å²) >= 11 is 0. The molecular weight excluding hydrogens is 214 g/mol. The lowest BCUT2D eigenvalue weighted by molar-refractivity contribution is -0.163. The topological polar surface area (TPSA) is 52.3 Å². The number of carbonyl (C=O) groups is 1. The van der Waals surface area contributed by atoms with Crippen LogP contribution in [0.1, 0.15) is 59.3 Å². The summed E-state index contributed by atoms with van der Waals surface area (Å²) in [4.78, 5) is 12.3. The van der Waals surface area contributed by atoms with Gasteiger partial charge in [-0.25, -0.2) is 0 Å². The highest BCUT2D eigenvalue weighted by molar-refractivity contribution is 5.77. The molecule has 1 aliphatic carbocycles. The monoisotopic (exact) mass is 241 g/mol. The van der Waals surface area contributed by atoms with Crippen molar-refractivity contribution < 1.29 is 9.53 Å². The number of carbonyl (C=O) groups excluding carboxylic acids is 1. The van der Waals surface area contributed by atoms with Crippen LogP contribution in [-0.2, 0) is 9.53 Å². The number of hydrogen-bond donors (Lipinski definition) is 1. The summed E-state index contributed by atoms with van der Waals surface area (Å²) in [5, 5.41) is 0. The molecule has 0 aromatic rings. The summed E-state index contributed by atoms with van der Waals surface area (Å²) in [6, 6.07) is 0. The second-order valence-corrected chi connectivity index (χ2v) is 5.75. The largest absolute Gasteiger partial charge is 0.462 e. The number of hydrogen-bond acceptors (Lipinski definition) is 3. The van der Waals surface area contributed by atoms with Gasteiger partial charge in [0.1, 0.15) is 6.10 Å². The second kappa shape index (κ2) is 6.39. The highest BCUT2D eigenvalue weighted by Crippen LogP contribution is 2.35. The maximum atomic E-state index is 12.3. The number of ether oxygens (including phenoxy) is 1. The third kappa shape index (κ3) is 3.70. The van der Waals surface area contributed by atoms with Crippen molar-refractivity contribution in [1.29, 1.82) is 0 Å². The fourth-order valence-corrected chi connectivity index (χ4v) is 2.33. The molecule has 1 aliphatic rings. The second-order valence-electron chi connectivity index (χ2n) is 5.75. The fourth-order valence-electron chi connectivity index (χ4n) is 2.33. The molecule has 0 aromatic carbocycles. The van der Waals surface area contributed by atoms with Crippen LogP contribution in [0.3, 0.4) is 0 Å². The zero-order valence-electron chi connectivity index (χ0n) is 11.5. The van der Waals surface area contributed by atoms with Crippen LogP contribution < -0.4 is 5.73 Å². The van der Waals surface area contributed by atoms with Gasteiger partial charge >= 0.3 is 5.97 Å². The van der Waals surface area contributed by atoms with Crippen molar-refractivity contribution in [2.24, 2.45) is 17.1 Å². The first kappa shape index (κ1) is 14.5. The lowest BCUT2D eigenvalue weighted by Gasteiger charge is -2.31. The molecule has 0 aliphatic heterocycles. The molecule has 0 aromatic heterocycles. The SMILES string of the molecule is CC(C)C(C)OC(=O)C1(CN)CCCCCC1. The Hall–Kier alpha value is -0.570. The summed E-state index contributed by atoms with van der Waals surface area (Å²) in [5.41, 5.74) is 5.46. The predicted molar refractivity (Wildman–Crippen MR) is 69.6 cm³/mol. The van der Waals surface area contributed by atoms with Crippen LogP contribution in [0.4, 0.5) is 0 Å². The summed E-state index contributed by atoms with van der Waals surface area (Å²) in [6.07, 6.45) is 6.41. The van der Waals surface area contributed by atoms with Crippen molar-refractivity contribution in [2.45, 2.75) is 65.4 Å². The average molecular weight is 241 g/mol. The highest BCUT2D eigenvalue weighted by Gasteiger charge is 2.39. The van der Waals surface area contributed by atoms with Crippen LogP contribution in [-0.4, -0.2) is 18.6 Å². The maximum Gasteiger partial charge on any atom is 0.313 e. The van der Waals surface area contributed by atoms with Crippen molar-refractivity contribution in [3.8, 4) is 0 Å². The first-order valence-electron chi connectivity index (χ1n) is 6.93. The zero-order valence-corrected chi connectivity index (χ0v) is 11.5. The van der Waals surface area contributed by atoms with Gasteiger partial charge in [0.05, 0.1) is 5.41 Å². The highest BCUT2D eigenvalue weighted by atomic mass is 16.5. The van der Waals surface area contributed by atoms with Gasteiger partial charge in [0, 0.05) is 6.54 Å². The number of esters is 1. The van der Waals surface area contributed by atoms with Crippen molar-refractivity contribution >= 4 is 5.97 Å². The molecule has 1 unspecified atom stereocenters. The Labute approximate surface area is 105 Å². The van der Waals surface area contributed by atoms with Crippen LogP contribution in [0.5, 0.6) is 0 Å². The first-order valence-corrected chi connectivity index (χ1v) is 6.93. The van der Waals surface area contributed by atoms with Crippen molar-refractivity contribution in [3.63, 3.8) is 0 Å². The van der Waals surface area contributed by atoms with Crippen molar-refractivity contribution in [2.75, 3.05) is 6.54 Å². The summed E-state index contributed by atoms with van der Waals surface area (Å²) < 4.78 is 5.58. The van der Waals surface area contributed by atoms with E-state index in [-0.39, 0.29) is 12.1 Å². The van der Waals surface area contributed by atoms with Crippen LogP contribution in [0, 0.1) is 11.3 Å². The van der Waals surface area contributed by atoms with Crippen LogP contribution >= 0.6 is 0 Å². The first-order chi connectivity index (χ1) is 8.02. The molecule has 0 bridgehead atoms. The number of rotatable bonds is 4. The van der Waals surface area contributed by atoms with E-state index >= 15 is 0 Å². The molecule has 0 heterocycles. The van der Waals surface area contributed by atoms with Crippen LogP contribution in [0.2, 0.25) is 0 Å². The molecule has 0 amide bonds. The Kier molecular flexibility index (Phi) is 5.44. The molecule has 3 nitrogen and oxygen atoms in total. The molecule has 100 valence electrons. The minimum atomic E-state index is -0.403. The normalized spacial score (nSPS) is 21.9. The van der Waals surface area contributed by atoms with Gasteiger partial charge in [0.15, 0.2) is 0 Å². The average Bonchev–Trinajstić information content (AvgIpc) is 2.54. The van der Waals surface area contributed by atoms with Gasteiger partial charge in [-0.2, -0.15) is 0 Å². The van der Waals surface area contributed by atoms with Gasteiger partial charge in [-0.15, -0.1) is 0 Å². The van der Waals surface area contributed by atoms with E-state index in [0.717, 1.165) is 25.7 Å². The summed E-state index contributed by atoms with van der Waals surface area (Å²) in [5.74, 6) is 0.294. The van der Waals surface area contributed by atoms with Crippen LogP contribution in [0.25, 0.3) is 0 Å². The Balaban J connectivity index is 2.67. The quantitative estimate of drug-likeness (QED) is 0.608. The smallest absolute Gasteiger partial charge is 0.313 e. The lowest BCUT2D eigenvalue weighted by Crippen LogP contribution is -2.41. The molecular formula is C14H27NO2. The molecule has 1 rings (SSSR count). The molecule has 3 heteroatoms. The lowest BCUT2D eigenvalue weighted by atomic mass is 9.80. The Bertz CT molecular complexity index is 243. The van der Waals surface area contributed by atoms with E-state index in [0.29, 0.717) is 12.5 Å². The maximum absolute atomic E-state index is 12.3.